The van der Waals surface area contributed by atoms with Crippen molar-refractivity contribution in [3.8, 4) is 0 Å². The van der Waals surface area contributed by atoms with Gasteiger partial charge < -0.3 is 21.0 Å². The van der Waals surface area contributed by atoms with Crippen molar-refractivity contribution in [3.05, 3.63) is 47.1 Å². The maximum atomic E-state index is 6.31. The SMILES string of the molecule is CCC(N)c1cc2cc(Cl)cc(Cn3cnc4c(N)ncnc43)c2[nH]1. The summed E-state index contributed by atoms with van der Waals surface area (Å²) in [5, 5.41) is 1.72. The zero-order valence-electron chi connectivity index (χ0n) is 13.7. The largest absolute Gasteiger partial charge is 0.382 e. The van der Waals surface area contributed by atoms with Gasteiger partial charge in [0.05, 0.1) is 18.4 Å². The Hall–Kier alpha value is -2.64. The summed E-state index contributed by atoms with van der Waals surface area (Å²) in [5.41, 5.74) is 16.4. The molecule has 0 radical (unpaired) electrons. The van der Waals surface area contributed by atoms with Crippen molar-refractivity contribution in [3.63, 3.8) is 0 Å². The van der Waals surface area contributed by atoms with E-state index in [1.807, 2.05) is 16.7 Å². The summed E-state index contributed by atoms with van der Waals surface area (Å²) < 4.78 is 1.93. The molecule has 1 unspecified atom stereocenters. The summed E-state index contributed by atoms with van der Waals surface area (Å²) in [5.74, 6) is 0.371. The second kappa shape index (κ2) is 6.02. The molecule has 5 N–H and O–H groups in total. The normalized spacial score (nSPS) is 12.9. The summed E-state index contributed by atoms with van der Waals surface area (Å²) in [7, 11) is 0. The summed E-state index contributed by atoms with van der Waals surface area (Å²) in [6, 6.07) is 5.92. The van der Waals surface area contributed by atoms with Crippen LogP contribution in [0.3, 0.4) is 0 Å². The van der Waals surface area contributed by atoms with E-state index in [0.29, 0.717) is 28.5 Å². The lowest BCUT2D eigenvalue weighted by Crippen LogP contribution is -2.08. The Labute approximate surface area is 149 Å². The Morgan fingerprint density at radius 1 is 1.24 bits per heavy atom. The Bertz CT molecular complexity index is 1070. The Morgan fingerprint density at radius 2 is 2.08 bits per heavy atom. The molecule has 8 heteroatoms. The van der Waals surface area contributed by atoms with Gasteiger partial charge in [-0.2, -0.15) is 0 Å². The monoisotopic (exact) mass is 355 g/mol. The molecule has 0 aliphatic rings. The van der Waals surface area contributed by atoms with E-state index in [-0.39, 0.29) is 6.04 Å². The van der Waals surface area contributed by atoms with Crippen LogP contribution >= 0.6 is 11.6 Å². The molecule has 0 amide bonds. The third-order valence-electron chi connectivity index (χ3n) is 4.41. The Morgan fingerprint density at radius 3 is 2.88 bits per heavy atom. The molecule has 0 aliphatic heterocycles. The number of fused-ring (bicyclic) bond motifs is 2. The molecule has 0 fully saturated rings. The molecule has 1 atom stereocenters. The molecule has 3 heterocycles. The average Bonchev–Trinajstić information content (AvgIpc) is 3.19. The van der Waals surface area contributed by atoms with Gasteiger partial charge in [0, 0.05) is 22.1 Å². The minimum Gasteiger partial charge on any atom is -0.382 e. The van der Waals surface area contributed by atoms with E-state index in [9.17, 15) is 0 Å². The molecule has 0 bridgehead atoms. The minimum absolute atomic E-state index is 0.0272. The number of aromatic amines is 1. The first kappa shape index (κ1) is 15.9. The number of hydrogen-bond donors (Lipinski definition) is 3. The summed E-state index contributed by atoms with van der Waals surface area (Å²) in [4.78, 5) is 16.0. The highest BCUT2D eigenvalue weighted by molar-refractivity contribution is 6.31. The fourth-order valence-electron chi connectivity index (χ4n) is 3.04. The van der Waals surface area contributed by atoms with Crippen LogP contribution in [0.5, 0.6) is 0 Å². The van der Waals surface area contributed by atoms with Gasteiger partial charge in [0.15, 0.2) is 11.5 Å². The fourth-order valence-corrected chi connectivity index (χ4v) is 3.29. The van der Waals surface area contributed by atoms with Crippen molar-refractivity contribution >= 4 is 39.5 Å². The number of H-pyrrole nitrogens is 1. The van der Waals surface area contributed by atoms with Crippen LogP contribution in [0.2, 0.25) is 5.02 Å². The van der Waals surface area contributed by atoms with Crippen LogP contribution in [0.15, 0.2) is 30.9 Å². The zero-order valence-corrected chi connectivity index (χ0v) is 14.5. The topological polar surface area (TPSA) is 111 Å². The molecule has 25 heavy (non-hydrogen) atoms. The second-order valence-electron chi connectivity index (χ2n) is 6.07. The van der Waals surface area contributed by atoms with E-state index < -0.39 is 0 Å². The van der Waals surface area contributed by atoms with Crippen molar-refractivity contribution in [1.82, 2.24) is 24.5 Å². The maximum Gasteiger partial charge on any atom is 0.165 e. The van der Waals surface area contributed by atoms with Crippen molar-refractivity contribution in [1.29, 1.82) is 0 Å². The van der Waals surface area contributed by atoms with Crippen molar-refractivity contribution < 1.29 is 0 Å². The molecule has 128 valence electrons. The van der Waals surface area contributed by atoms with Gasteiger partial charge >= 0.3 is 0 Å². The number of nitrogens with zero attached hydrogens (tertiary/aromatic N) is 4. The van der Waals surface area contributed by atoms with Crippen LogP contribution in [0.1, 0.15) is 30.6 Å². The highest BCUT2D eigenvalue weighted by atomic mass is 35.5. The molecule has 0 saturated carbocycles. The van der Waals surface area contributed by atoms with E-state index in [4.69, 9.17) is 23.1 Å². The first-order valence-electron chi connectivity index (χ1n) is 8.04. The van der Waals surface area contributed by atoms with E-state index in [2.05, 4.69) is 32.9 Å². The lowest BCUT2D eigenvalue weighted by molar-refractivity contribution is 0.681. The number of aromatic nitrogens is 5. The van der Waals surface area contributed by atoms with E-state index in [0.717, 1.165) is 28.6 Å². The second-order valence-corrected chi connectivity index (χ2v) is 6.51. The standard InChI is InChI=1S/C17H18ClN7/c1-2-12(19)13-5-9-3-11(18)4-10(14(9)24-13)6-25-8-23-15-16(20)21-7-22-17(15)25/h3-5,7-8,12,24H,2,6,19H2,1H3,(H2,20,21,22). The third kappa shape index (κ3) is 2.71. The Balaban J connectivity index is 1.82. The van der Waals surface area contributed by atoms with Crippen LogP contribution < -0.4 is 11.5 Å². The van der Waals surface area contributed by atoms with Crippen molar-refractivity contribution in [2.24, 2.45) is 5.73 Å². The first-order chi connectivity index (χ1) is 12.1. The number of nitrogens with one attached hydrogen (secondary N) is 1. The molecule has 1 aromatic carbocycles. The van der Waals surface area contributed by atoms with Crippen LogP contribution in [0, 0.1) is 0 Å². The average molecular weight is 356 g/mol. The van der Waals surface area contributed by atoms with Gasteiger partial charge in [0.1, 0.15) is 11.8 Å². The number of benzene rings is 1. The lowest BCUT2D eigenvalue weighted by atomic mass is 10.1. The number of anilines is 1. The van der Waals surface area contributed by atoms with Gasteiger partial charge in [-0.05, 0) is 30.2 Å². The first-order valence-corrected chi connectivity index (χ1v) is 8.42. The van der Waals surface area contributed by atoms with E-state index >= 15 is 0 Å². The third-order valence-corrected chi connectivity index (χ3v) is 4.62. The molecule has 0 aliphatic carbocycles. The highest BCUT2D eigenvalue weighted by Crippen LogP contribution is 2.28. The quantitative estimate of drug-likeness (QED) is 0.521. The summed E-state index contributed by atoms with van der Waals surface area (Å²) >= 11 is 6.31. The van der Waals surface area contributed by atoms with Gasteiger partial charge in [-0.3, -0.25) is 0 Å². The number of nitrogen functional groups attached to an aromatic ring is 1. The van der Waals surface area contributed by atoms with Gasteiger partial charge in [-0.1, -0.05) is 18.5 Å². The van der Waals surface area contributed by atoms with Crippen molar-refractivity contribution in [2.75, 3.05) is 5.73 Å². The van der Waals surface area contributed by atoms with E-state index in [1.165, 1.54) is 6.33 Å². The van der Waals surface area contributed by atoms with Crippen LogP contribution in [0.25, 0.3) is 22.1 Å². The van der Waals surface area contributed by atoms with Crippen LogP contribution in [-0.4, -0.2) is 24.5 Å². The summed E-state index contributed by atoms with van der Waals surface area (Å²) in [6.45, 7) is 2.62. The molecule has 0 spiro atoms. The summed E-state index contributed by atoms with van der Waals surface area (Å²) in [6.07, 6.45) is 4.01. The number of hydrogen-bond acceptors (Lipinski definition) is 5. The van der Waals surface area contributed by atoms with Gasteiger partial charge in [0.25, 0.3) is 0 Å². The molecule has 4 rings (SSSR count). The Kier molecular flexibility index (Phi) is 3.82. The fraction of sp³-hybridized carbons (Fsp3) is 0.235. The van der Waals surface area contributed by atoms with Gasteiger partial charge in [-0.15, -0.1) is 0 Å². The molecule has 3 aromatic heterocycles. The number of halogens is 1. The molecule has 0 saturated heterocycles. The van der Waals surface area contributed by atoms with Gasteiger partial charge in [-0.25, -0.2) is 15.0 Å². The maximum absolute atomic E-state index is 6.31. The lowest BCUT2D eigenvalue weighted by Gasteiger charge is -2.07. The highest BCUT2D eigenvalue weighted by Gasteiger charge is 2.14. The minimum atomic E-state index is -0.0272. The smallest absolute Gasteiger partial charge is 0.165 e. The van der Waals surface area contributed by atoms with Crippen LogP contribution in [-0.2, 0) is 6.54 Å². The number of imidazole rings is 1. The number of rotatable bonds is 4. The van der Waals surface area contributed by atoms with Crippen molar-refractivity contribution in [2.45, 2.75) is 25.9 Å². The van der Waals surface area contributed by atoms with E-state index in [1.54, 1.807) is 6.33 Å². The van der Waals surface area contributed by atoms with Gasteiger partial charge in [0.2, 0.25) is 0 Å². The molecular weight excluding hydrogens is 338 g/mol. The number of nitrogens with two attached hydrogens (primary N) is 2. The zero-order chi connectivity index (χ0) is 17.6. The molecule has 4 aromatic rings. The predicted molar refractivity (Wildman–Crippen MR) is 99.4 cm³/mol. The predicted octanol–water partition coefficient (Wildman–Crippen LogP) is 3.00. The van der Waals surface area contributed by atoms with Crippen LogP contribution in [0.4, 0.5) is 5.82 Å². The molecule has 7 nitrogen and oxygen atoms in total. The molecular formula is C17H18ClN7.